The molecule has 0 radical (unpaired) electrons. The summed E-state index contributed by atoms with van der Waals surface area (Å²) in [7, 11) is -3.76. The number of sulfone groups is 1. The first-order chi connectivity index (χ1) is 29.8. The minimum atomic E-state index is -3.76. The van der Waals surface area contributed by atoms with Crippen molar-refractivity contribution in [1.82, 2.24) is 4.40 Å². The second-order valence-electron chi connectivity index (χ2n) is 16.6. The molecule has 0 saturated heterocycles. The van der Waals surface area contributed by atoms with Gasteiger partial charge in [0.15, 0.2) is 0 Å². The zero-order valence-corrected chi connectivity index (χ0v) is 35.1. The molecule has 6 heteroatoms. The van der Waals surface area contributed by atoms with Crippen LogP contribution in [0.1, 0.15) is 25.0 Å². The van der Waals surface area contributed by atoms with Gasteiger partial charge in [-0.1, -0.05) is 111 Å². The molecule has 3 aromatic heterocycles. The summed E-state index contributed by atoms with van der Waals surface area (Å²) >= 11 is 1.79. The third-order valence-corrected chi connectivity index (χ3v) is 15.6. The first-order valence-electron chi connectivity index (χ1n) is 20.6. The second-order valence-corrected chi connectivity index (χ2v) is 19.4. The van der Waals surface area contributed by atoms with Gasteiger partial charge in [0.1, 0.15) is 4.83 Å². The first-order valence-corrected chi connectivity index (χ1v) is 22.9. The number of rotatable bonds is 6. The normalized spacial score (nSPS) is 14.1. The van der Waals surface area contributed by atoms with Crippen LogP contribution in [0.25, 0.3) is 70.8 Å². The lowest BCUT2D eigenvalue weighted by Gasteiger charge is -2.35. The summed E-state index contributed by atoms with van der Waals surface area (Å²) in [5.41, 5.74) is 13.0. The Morgan fingerprint density at radius 1 is 0.459 bits per heavy atom. The van der Waals surface area contributed by atoms with Crippen molar-refractivity contribution < 1.29 is 8.42 Å². The Bertz CT molecular complexity index is 3580. The molecule has 8 aromatic carbocycles. The van der Waals surface area contributed by atoms with E-state index < -0.39 is 15.3 Å². The highest BCUT2D eigenvalue weighted by atomic mass is 32.2. The highest BCUT2D eigenvalue weighted by molar-refractivity contribution is 7.91. The molecule has 12 rings (SSSR count). The second kappa shape index (κ2) is 13.3. The number of fused-ring (bicyclic) bond motifs is 8. The van der Waals surface area contributed by atoms with Gasteiger partial charge in [0.05, 0.1) is 20.8 Å². The topological polar surface area (TPSA) is 41.8 Å². The van der Waals surface area contributed by atoms with Crippen LogP contribution in [0.3, 0.4) is 0 Å². The van der Waals surface area contributed by atoms with Gasteiger partial charge >= 0.3 is 0 Å². The van der Waals surface area contributed by atoms with Crippen LogP contribution in [-0.4, -0.2) is 12.8 Å². The van der Waals surface area contributed by atoms with E-state index in [1.54, 1.807) is 17.4 Å². The lowest BCUT2D eigenvalue weighted by atomic mass is 9.76. The molecule has 0 aliphatic carbocycles. The number of benzene rings is 8. The summed E-state index contributed by atoms with van der Waals surface area (Å²) in [6.07, 6.45) is 0. The third-order valence-electron chi connectivity index (χ3n) is 12.8. The van der Waals surface area contributed by atoms with Crippen LogP contribution >= 0.6 is 11.3 Å². The number of nitrogens with zero attached hydrogens (tertiary/aromatic N) is 2. The van der Waals surface area contributed by atoms with Gasteiger partial charge in [0.25, 0.3) is 0 Å². The van der Waals surface area contributed by atoms with Gasteiger partial charge in [-0.3, -0.25) is 4.40 Å². The summed E-state index contributed by atoms with van der Waals surface area (Å²) in [6.45, 7) is 4.30. The molecule has 0 N–H and O–H groups in total. The number of aromatic nitrogens is 1. The molecule has 61 heavy (non-hydrogen) atoms. The average molecular weight is 823 g/mol. The van der Waals surface area contributed by atoms with Crippen molar-refractivity contribution in [3.8, 4) is 33.4 Å². The molecule has 1 aliphatic heterocycles. The summed E-state index contributed by atoms with van der Waals surface area (Å²) in [4.78, 5) is 4.27. The van der Waals surface area contributed by atoms with E-state index in [1.807, 2.05) is 30.3 Å². The Labute approximate surface area is 358 Å². The molecule has 11 aromatic rings. The standard InChI is InChI=1S/C55H38N2O2S2/c1-55(2)48-33-38(35-20-24-43(25-21-35)56(41-14-5-3-6-15-41)42-16-7-4-8-17-42)22-26-51(48)61(58,59)52-27-23-39(34-49(52)55)36-12-11-13-37(30-36)40-31-46-44-18-9-10-19-50(44)57-53(46)47(32-40)45-28-29-60-54(45)57/h3-34H,1-2H3. The molecule has 292 valence electrons. The summed E-state index contributed by atoms with van der Waals surface area (Å²) in [6, 6.07) is 65.2. The van der Waals surface area contributed by atoms with Crippen molar-refractivity contribution in [2.24, 2.45) is 0 Å². The van der Waals surface area contributed by atoms with E-state index in [1.165, 1.54) is 37.4 Å². The fraction of sp³-hybridized carbons (Fsp3) is 0.0545. The van der Waals surface area contributed by atoms with E-state index in [9.17, 15) is 8.42 Å². The number of hydrogen-bond acceptors (Lipinski definition) is 4. The SMILES string of the molecule is CC1(C)c2cc(-c3ccc(N(c4ccccc4)c4ccccc4)cc3)ccc2S(=O)(=O)c2ccc(-c3cccc(-c4cc5c6ccccc6n6c7sccc7c(c4)c56)c3)cc21. The van der Waals surface area contributed by atoms with E-state index in [0.717, 1.165) is 61.6 Å². The number of anilines is 3. The Balaban J connectivity index is 0.917. The zero-order chi connectivity index (χ0) is 41.0. The molecule has 0 unspecified atom stereocenters. The van der Waals surface area contributed by atoms with Crippen LogP contribution in [0.5, 0.6) is 0 Å². The quantitative estimate of drug-likeness (QED) is 0.168. The van der Waals surface area contributed by atoms with Crippen molar-refractivity contribution in [2.75, 3.05) is 4.90 Å². The molecule has 0 fully saturated rings. The zero-order valence-electron chi connectivity index (χ0n) is 33.5. The molecular weight excluding hydrogens is 785 g/mol. The van der Waals surface area contributed by atoms with Crippen LogP contribution in [0, 0.1) is 0 Å². The van der Waals surface area contributed by atoms with Gasteiger partial charge in [0.2, 0.25) is 9.84 Å². The molecule has 4 nitrogen and oxygen atoms in total. The van der Waals surface area contributed by atoms with Crippen LogP contribution in [0.2, 0.25) is 0 Å². The Kier molecular flexibility index (Phi) is 7.80. The minimum absolute atomic E-state index is 0.373. The summed E-state index contributed by atoms with van der Waals surface area (Å²) in [5, 5.41) is 7.24. The van der Waals surface area contributed by atoms with E-state index >= 15 is 0 Å². The molecule has 1 aliphatic rings. The van der Waals surface area contributed by atoms with Gasteiger partial charge in [-0.25, -0.2) is 8.42 Å². The van der Waals surface area contributed by atoms with Crippen LogP contribution < -0.4 is 4.90 Å². The molecule has 4 heterocycles. The van der Waals surface area contributed by atoms with E-state index in [4.69, 9.17) is 0 Å². The molecule has 0 saturated carbocycles. The lowest BCUT2D eigenvalue weighted by molar-refractivity contribution is 0.556. The fourth-order valence-electron chi connectivity index (χ4n) is 9.77. The number of thiophene rings is 1. The summed E-state index contributed by atoms with van der Waals surface area (Å²) in [5.74, 6) is 0. The van der Waals surface area contributed by atoms with Gasteiger partial charge in [-0.2, -0.15) is 0 Å². The van der Waals surface area contributed by atoms with Crippen molar-refractivity contribution in [3.05, 3.63) is 205 Å². The molecule has 0 bridgehead atoms. The maximum Gasteiger partial charge on any atom is 0.207 e. The first kappa shape index (κ1) is 35.9. The van der Waals surface area contributed by atoms with E-state index in [-0.39, 0.29) is 0 Å². The maximum atomic E-state index is 14.4. The van der Waals surface area contributed by atoms with Gasteiger partial charge in [0, 0.05) is 44.0 Å². The smallest absolute Gasteiger partial charge is 0.207 e. The van der Waals surface area contributed by atoms with E-state index in [2.05, 4.69) is 180 Å². The predicted octanol–water partition coefficient (Wildman–Crippen LogP) is 14.8. The molecule has 0 atom stereocenters. The monoisotopic (exact) mass is 822 g/mol. The van der Waals surface area contributed by atoms with Crippen molar-refractivity contribution in [2.45, 2.75) is 29.1 Å². The minimum Gasteiger partial charge on any atom is -0.311 e. The van der Waals surface area contributed by atoms with Crippen molar-refractivity contribution in [1.29, 1.82) is 0 Å². The largest absolute Gasteiger partial charge is 0.311 e. The molecule has 0 amide bonds. The van der Waals surface area contributed by atoms with Crippen LogP contribution in [-0.2, 0) is 15.3 Å². The average Bonchev–Trinajstić information content (AvgIpc) is 4.00. The van der Waals surface area contributed by atoms with Gasteiger partial charge in [-0.05, 0) is 141 Å². The highest BCUT2D eigenvalue weighted by Crippen LogP contribution is 2.49. The predicted molar refractivity (Wildman–Crippen MR) is 254 cm³/mol. The highest BCUT2D eigenvalue weighted by Gasteiger charge is 2.41. The van der Waals surface area contributed by atoms with E-state index in [0.29, 0.717) is 9.79 Å². The Hall–Kier alpha value is -6.99. The van der Waals surface area contributed by atoms with Crippen molar-refractivity contribution in [3.63, 3.8) is 0 Å². The van der Waals surface area contributed by atoms with Crippen LogP contribution in [0.4, 0.5) is 17.1 Å². The van der Waals surface area contributed by atoms with Gasteiger partial charge < -0.3 is 4.90 Å². The lowest BCUT2D eigenvalue weighted by Crippen LogP contribution is -2.30. The summed E-state index contributed by atoms with van der Waals surface area (Å²) < 4.78 is 31.2. The fourth-order valence-corrected chi connectivity index (χ4v) is 12.6. The Morgan fingerprint density at radius 3 is 1.64 bits per heavy atom. The van der Waals surface area contributed by atoms with Gasteiger partial charge in [-0.15, -0.1) is 11.3 Å². The third kappa shape index (κ3) is 5.39. The number of para-hydroxylation sites is 3. The Morgan fingerprint density at radius 2 is 0.984 bits per heavy atom. The van der Waals surface area contributed by atoms with Crippen molar-refractivity contribution >= 4 is 75.6 Å². The molecular formula is C55H38N2O2S2. The van der Waals surface area contributed by atoms with Crippen LogP contribution in [0.15, 0.2) is 203 Å². The molecule has 0 spiro atoms. The maximum absolute atomic E-state index is 14.4. The number of hydrogen-bond donors (Lipinski definition) is 0.